The molecule has 13 heavy (non-hydrogen) atoms. The van der Waals surface area contributed by atoms with Crippen LogP contribution in [-0.2, 0) is 12.8 Å². The summed E-state index contributed by atoms with van der Waals surface area (Å²) in [7, 11) is 0. The molecule has 0 aliphatic carbocycles. The van der Waals surface area contributed by atoms with Gasteiger partial charge in [-0.15, -0.1) is 11.3 Å². The highest BCUT2D eigenvalue weighted by Gasteiger charge is 2.00. The summed E-state index contributed by atoms with van der Waals surface area (Å²) in [6, 6.07) is 4.21. The van der Waals surface area contributed by atoms with E-state index >= 15 is 0 Å². The third-order valence-electron chi connectivity index (χ3n) is 1.72. The highest BCUT2D eigenvalue weighted by Crippen LogP contribution is 2.22. The zero-order valence-corrected chi connectivity index (χ0v) is 9.23. The van der Waals surface area contributed by atoms with Gasteiger partial charge in [0.05, 0.1) is 15.7 Å². The number of hydrogen-bond donors (Lipinski definition) is 1. The zero-order chi connectivity index (χ0) is 9.10. The van der Waals surface area contributed by atoms with E-state index in [0.717, 1.165) is 18.5 Å². The molecule has 0 aliphatic heterocycles. The molecule has 0 spiro atoms. The zero-order valence-electron chi connectivity index (χ0n) is 6.83. The Morgan fingerprint density at radius 1 is 1.38 bits per heavy atom. The Bertz CT molecular complexity index is 368. The molecule has 0 aliphatic rings. The number of halogens is 1. The summed E-state index contributed by atoms with van der Waals surface area (Å²) in [5, 5.41) is 10.4. The average molecular weight is 258 g/mol. The molecular formula is C8H8BrN3S. The van der Waals surface area contributed by atoms with Gasteiger partial charge in [-0.25, -0.2) is 0 Å². The first-order valence-corrected chi connectivity index (χ1v) is 5.54. The largest absolute Gasteiger partial charge is 0.198 e. The van der Waals surface area contributed by atoms with Crippen LogP contribution in [-0.4, -0.2) is 15.4 Å². The van der Waals surface area contributed by atoms with Gasteiger partial charge in [0.2, 0.25) is 0 Å². The molecule has 2 rings (SSSR count). The second-order valence-corrected chi connectivity index (χ2v) is 5.21. The lowest BCUT2D eigenvalue weighted by Crippen LogP contribution is -1.88. The third-order valence-corrected chi connectivity index (χ3v) is 3.40. The fourth-order valence-electron chi connectivity index (χ4n) is 1.08. The van der Waals surface area contributed by atoms with E-state index in [1.54, 1.807) is 17.5 Å². The summed E-state index contributed by atoms with van der Waals surface area (Å²) in [5.74, 6) is 0. The second kappa shape index (κ2) is 4.02. The Hall–Kier alpha value is -0.680. The topological polar surface area (TPSA) is 41.6 Å². The van der Waals surface area contributed by atoms with Gasteiger partial charge in [-0.05, 0) is 40.9 Å². The quantitative estimate of drug-likeness (QED) is 0.918. The van der Waals surface area contributed by atoms with Crippen LogP contribution in [0, 0.1) is 0 Å². The van der Waals surface area contributed by atoms with Gasteiger partial charge in [0.1, 0.15) is 0 Å². The molecular weight excluding hydrogens is 250 g/mol. The van der Waals surface area contributed by atoms with Crippen molar-refractivity contribution in [2.24, 2.45) is 0 Å². The first-order chi connectivity index (χ1) is 6.34. The number of aromatic amines is 1. The van der Waals surface area contributed by atoms with Crippen LogP contribution >= 0.6 is 27.3 Å². The molecule has 2 heterocycles. The summed E-state index contributed by atoms with van der Waals surface area (Å²) in [6.45, 7) is 0. The Kier molecular flexibility index (Phi) is 2.75. The minimum atomic E-state index is 0.948. The van der Waals surface area contributed by atoms with Crippen molar-refractivity contribution in [1.29, 1.82) is 0 Å². The maximum atomic E-state index is 3.99. The van der Waals surface area contributed by atoms with Crippen LogP contribution in [0.15, 0.2) is 22.1 Å². The number of thiophene rings is 1. The van der Waals surface area contributed by atoms with Crippen LogP contribution < -0.4 is 0 Å². The van der Waals surface area contributed by atoms with Crippen molar-refractivity contribution in [3.05, 3.63) is 32.7 Å². The standard InChI is InChI=1S/C8H8BrN3S/c9-8-4-3-7(13-8)2-1-6-5-10-12-11-6/h3-5H,1-2H2,(H,10,11,12). The third kappa shape index (κ3) is 2.38. The summed E-state index contributed by atoms with van der Waals surface area (Å²) >= 11 is 5.20. The molecule has 0 fully saturated rings. The number of H-pyrrole nitrogens is 1. The lowest BCUT2D eigenvalue weighted by Gasteiger charge is -1.91. The fraction of sp³-hybridized carbons (Fsp3) is 0.250. The van der Waals surface area contributed by atoms with Crippen LogP contribution in [0.5, 0.6) is 0 Å². The molecule has 0 aromatic carbocycles. The van der Waals surface area contributed by atoms with Crippen molar-refractivity contribution in [3.8, 4) is 0 Å². The van der Waals surface area contributed by atoms with Crippen molar-refractivity contribution in [2.45, 2.75) is 12.8 Å². The van der Waals surface area contributed by atoms with Gasteiger partial charge in [0.25, 0.3) is 0 Å². The van der Waals surface area contributed by atoms with Crippen molar-refractivity contribution in [2.75, 3.05) is 0 Å². The van der Waals surface area contributed by atoms with Gasteiger partial charge in [-0.2, -0.15) is 15.4 Å². The molecule has 2 aromatic heterocycles. The predicted molar refractivity (Wildman–Crippen MR) is 55.8 cm³/mol. The minimum Gasteiger partial charge on any atom is -0.198 e. The highest BCUT2D eigenvalue weighted by atomic mass is 79.9. The number of aromatic nitrogens is 3. The van der Waals surface area contributed by atoms with Crippen LogP contribution in [0.3, 0.4) is 0 Å². The smallest absolute Gasteiger partial charge is 0.0828 e. The first kappa shape index (κ1) is 8.90. The first-order valence-electron chi connectivity index (χ1n) is 3.93. The normalized spacial score (nSPS) is 10.5. The molecule has 0 saturated carbocycles. The van der Waals surface area contributed by atoms with Gasteiger partial charge in [-0.3, -0.25) is 0 Å². The molecule has 0 radical (unpaired) electrons. The highest BCUT2D eigenvalue weighted by molar-refractivity contribution is 9.11. The monoisotopic (exact) mass is 257 g/mol. The van der Waals surface area contributed by atoms with Crippen molar-refractivity contribution in [1.82, 2.24) is 15.4 Å². The van der Waals surface area contributed by atoms with Crippen LogP contribution in [0.1, 0.15) is 10.6 Å². The van der Waals surface area contributed by atoms with Crippen LogP contribution in [0.2, 0.25) is 0 Å². The number of nitrogens with zero attached hydrogens (tertiary/aromatic N) is 2. The molecule has 68 valence electrons. The lowest BCUT2D eigenvalue weighted by molar-refractivity contribution is 0.878. The van der Waals surface area contributed by atoms with E-state index in [0.29, 0.717) is 0 Å². The maximum absolute atomic E-state index is 3.99. The Labute approximate surface area is 88.3 Å². The van der Waals surface area contributed by atoms with E-state index in [2.05, 4.69) is 43.5 Å². The molecule has 0 atom stereocenters. The number of hydrogen-bond acceptors (Lipinski definition) is 3. The average Bonchev–Trinajstić information content (AvgIpc) is 2.71. The molecule has 0 bridgehead atoms. The Balaban J connectivity index is 1.93. The van der Waals surface area contributed by atoms with Gasteiger partial charge in [0.15, 0.2) is 0 Å². The second-order valence-electron chi connectivity index (χ2n) is 2.67. The lowest BCUT2D eigenvalue weighted by atomic mass is 10.2. The number of rotatable bonds is 3. The Morgan fingerprint density at radius 3 is 2.92 bits per heavy atom. The maximum Gasteiger partial charge on any atom is 0.0828 e. The molecule has 1 N–H and O–H groups in total. The summed E-state index contributed by atoms with van der Waals surface area (Å²) in [6.07, 6.45) is 3.74. The SMILES string of the molecule is Brc1ccc(CCc2cn[nH]n2)s1. The molecule has 0 unspecified atom stereocenters. The van der Waals surface area contributed by atoms with E-state index in [1.807, 2.05) is 0 Å². The summed E-state index contributed by atoms with van der Waals surface area (Å²) in [5.41, 5.74) is 1.02. The van der Waals surface area contributed by atoms with E-state index in [9.17, 15) is 0 Å². The predicted octanol–water partition coefficient (Wildman–Crippen LogP) is 2.41. The molecule has 5 heteroatoms. The van der Waals surface area contributed by atoms with Gasteiger partial charge >= 0.3 is 0 Å². The van der Waals surface area contributed by atoms with E-state index in [-0.39, 0.29) is 0 Å². The molecule has 3 nitrogen and oxygen atoms in total. The van der Waals surface area contributed by atoms with Gasteiger partial charge < -0.3 is 0 Å². The van der Waals surface area contributed by atoms with E-state index in [1.165, 1.54) is 8.66 Å². The fourth-order valence-corrected chi connectivity index (χ4v) is 2.57. The number of aryl methyl sites for hydroxylation is 2. The van der Waals surface area contributed by atoms with E-state index < -0.39 is 0 Å². The van der Waals surface area contributed by atoms with Crippen molar-refractivity contribution >= 4 is 27.3 Å². The summed E-state index contributed by atoms with van der Waals surface area (Å²) in [4.78, 5) is 1.37. The Morgan fingerprint density at radius 2 is 2.31 bits per heavy atom. The van der Waals surface area contributed by atoms with Gasteiger partial charge in [0, 0.05) is 4.88 Å². The molecule has 0 amide bonds. The van der Waals surface area contributed by atoms with E-state index in [4.69, 9.17) is 0 Å². The van der Waals surface area contributed by atoms with Crippen molar-refractivity contribution < 1.29 is 0 Å². The minimum absolute atomic E-state index is 0.948. The van der Waals surface area contributed by atoms with Crippen molar-refractivity contribution in [3.63, 3.8) is 0 Å². The van der Waals surface area contributed by atoms with Crippen LogP contribution in [0.4, 0.5) is 0 Å². The number of nitrogens with one attached hydrogen (secondary N) is 1. The van der Waals surface area contributed by atoms with Crippen LogP contribution in [0.25, 0.3) is 0 Å². The van der Waals surface area contributed by atoms with Gasteiger partial charge in [-0.1, -0.05) is 0 Å². The molecule has 2 aromatic rings. The molecule has 0 saturated heterocycles. The summed E-state index contributed by atoms with van der Waals surface area (Å²) < 4.78 is 1.18.